The van der Waals surface area contributed by atoms with Crippen molar-refractivity contribution in [2.75, 3.05) is 13.2 Å². The Hall–Kier alpha value is -1.42. The SMILES string of the molecule is Cc1cccc(CNCCC2(Cc3ccc(F)cc3)CCOC3(CCCC3)C2)c1.Cl. The van der Waals surface area contributed by atoms with E-state index in [0.717, 1.165) is 45.4 Å². The Balaban J connectivity index is 0.00000256. The molecule has 1 saturated carbocycles. The molecule has 164 valence electrons. The minimum atomic E-state index is -0.151. The van der Waals surface area contributed by atoms with Crippen molar-refractivity contribution in [2.45, 2.75) is 70.4 Å². The Bertz CT molecular complexity index is 803. The number of aryl methyl sites for hydroxylation is 1. The minimum Gasteiger partial charge on any atom is -0.375 e. The molecule has 0 bridgehead atoms. The highest BCUT2D eigenvalue weighted by atomic mass is 35.5. The number of hydrogen-bond acceptors (Lipinski definition) is 2. The van der Waals surface area contributed by atoms with Crippen LogP contribution in [0.5, 0.6) is 0 Å². The smallest absolute Gasteiger partial charge is 0.123 e. The van der Waals surface area contributed by atoms with Crippen LogP contribution in [0.4, 0.5) is 4.39 Å². The van der Waals surface area contributed by atoms with Crippen LogP contribution in [0.15, 0.2) is 48.5 Å². The highest BCUT2D eigenvalue weighted by molar-refractivity contribution is 5.85. The number of hydrogen-bond donors (Lipinski definition) is 1. The average molecular weight is 432 g/mol. The molecule has 2 fully saturated rings. The first-order valence-electron chi connectivity index (χ1n) is 11.2. The first-order chi connectivity index (χ1) is 14.1. The molecule has 2 aromatic rings. The summed E-state index contributed by atoms with van der Waals surface area (Å²) in [6.45, 7) is 4.92. The Morgan fingerprint density at radius 3 is 2.50 bits per heavy atom. The van der Waals surface area contributed by atoms with E-state index in [-0.39, 0.29) is 29.2 Å². The number of nitrogens with one attached hydrogen (secondary N) is 1. The third kappa shape index (κ3) is 5.84. The third-order valence-electron chi connectivity index (χ3n) is 6.99. The van der Waals surface area contributed by atoms with E-state index in [1.807, 2.05) is 12.1 Å². The second-order valence-electron chi connectivity index (χ2n) is 9.38. The predicted octanol–water partition coefficient (Wildman–Crippen LogP) is 6.39. The lowest BCUT2D eigenvalue weighted by Crippen LogP contribution is -2.45. The van der Waals surface area contributed by atoms with Crippen molar-refractivity contribution in [1.82, 2.24) is 5.32 Å². The summed E-state index contributed by atoms with van der Waals surface area (Å²) in [6.07, 6.45) is 9.38. The van der Waals surface area contributed by atoms with Crippen LogP contribution in [0.2, 0.25) is 0 Å². The number of halogens is 2. The zero-order valence-electron chi connectivity index (χ0n) is 18.1. The van der Waals surface area contributed by atoms with Gasteiger partial charge < -0.3 is 10.1 Å². The van der Waals surface area contributed by atoms with Gasteiger partial charge in [-0.15, -0.1) is 12.4 Å². The van der Waals surface area contributed by atoms with Crippen LogP contribution < -0.4 is 5.32 Å². The van der Waals surface area contributed by atoms with Gasteiger partial charge in [-0.2, -0.15) is 0 Å². The van der Waals surface area contributed by atoms with Gasteiger partial charge in [0, 0.05) is 13.2 Å². The monoisotopic (exact) mass is 431 g/mol. The molecule has 2 aliphatic rings. The summed E-state index contributed by atoms with van der Waals surface area (Å²) in [5.41, 5.74) is 4.23. The zero-order valence-corrected chi connectivity index (χ0v) is 18.9. The largest absolute Gasteiger partial charge is 0.375 e. The Morgan fingerprint density at radius 1 is 1.00 bits per heavy atom. The summed E-state index contributed by atoms with van der Waals surface area (Å²) in [5.74, 6) is -0.151. The average Bonchev–Trinajstić information content (AvgIpc) is 3.15. The van der Waals surface area contributed by atoms with E-state index in [9.17, 15) is 4.39 Å². The zero-order chi connectivity index (χ0) is 20.2. The molecule has 1 aliphatic heterocycles. The van der Waals surface area contributed by atoms with E-state index in [0.29, 0.717) is 0 Å². The summed E-state index contributed by atoms with van der Waals surface area (Å²) in [6, 6.07) is 15.9. The lowest BCUT2D eigenvalue weighted by Gasteiger charge is -2.47. The Labute approximate surface area is 187 Å². The van der Waals surface area contributed by atoms with Gasteiger partial charge in [0.1, 0.15) is 5.82 Å². The number of benzene rings is 2. The van der Waals surface area contributed by atoms with E-state index in [2.05, 4.69) is 36.5 Å². The van der Waals surface area contributed by atoms with Crippen molar-refractivity contribution in [3.8, 4) is 0 Å². The fourth-order valence-electron chi connectivity index (χ4n) is 5.54. The normalized spacial score (nSPS) is 22.7. The van der Waals surface area contributed by atoms with Gasteiger partial charge in [0.15, 0.2) is 0 Å². The maximum Gasteiger partial charge on any atom is 0.123 e. The highest BCUT2D eigenvalue weighted by Gasteiger charge is 2.46. The molecule has 4 heteroatoms. The predicted molar refractivity (Wildman–Crippen MR) is 124 cm³/mol. The summed E-state index contributed by atoms with van der Waals surface area (Å²) in [7, 11) is 0. The van der Waals surface area contributed by atoms with E-state index >= 15 is 0 Å². The lowest BCUT2D eigenvalue weighted by molar-refractivity contribution is -0.124. The standard InChI is InChI=1S/C26H34FNO.ClH/c1-21-5-4-6-23(17-21)19-28-15-13-25(18-22-7-9-24(27)10-8-22)14-16-29-26(20-25)11-2-3-12-26;/h4-10,17,28H,2-3,11-16,18-20H2,1H3;1H. The van der Waals surface area contributed by atoms with Gasteiger partial charge >= 0.3 is 0 Å². The molecule has 1 unspecified atom stereocenters. The summed E-state index contributed by atoms with van der Waals surface area (Å²) >= 11 is 0. The molecule has 2 nitrogen and oxygen atoms in total. The first-order valence-corrected chi connectivity index (χ1v) is 11.2. The summed E-state index contributed by atoms with van der Waals surface area (Å²) in [4.78, 5) is 0. The second-order valence-corrected chi connectivity index (χ2v) is 9.38. The molecule has 30 heavy (non-hydrogen) atoms. The van der Waals surface area contributed by atoms with Gasteiger partial charge in [-0.05, 0) is 80.7 Å². The Kier molecular flexibility index (Phi) is 7.95. The maximum absolute atomic E-state index is 13.4. The molecule has 0 aromatic heterocycles. The van der Waals surface area contributed by atoms with Crippen LogP contribution in [0, 0.1) is 18.2 Å². The highest BCUT2D eigenvalue weighted by Crippen LogP contribution is 2.50. The van der Waals surface area contributed by atoms with Gasteiger partial charge in [-0.25, -0.2) is 4.39 Å². The maximum atomic E-state index is 13.4. The summed E-state index contributed by atoms with van der Waals surface area (Å²) < 4.78 is 19.8. The van der Waals surface area contributed by atoms with Crippen molar-refractivity contribution >= 4 is 12.4 Å². The molecule has 1 spiro atoms. The second kappa shape index (κ2) is 10.3. The quantitative estimate of drug-likeness (QED) is 0.513. The molecule has 1 atom stereocenters. The molecule has 0 radical (unpaired) electrons. The lowest BCUT2D eigenvalue weighted by atomic mass is 9.67. The number of ether oxygens (including phenoxy) is 1. The van der Waals surface area contributed by atoms with Crippen molar-refractivity contribution in [2.24, 2.45) is 5.41 Å². The first kappa shape index (κ1) is 23.2. The van der Waals surface area contributed by atoms with Gasteiger partial charge in [0.05, 0.1) is 5.60 Å². The van der Waals surface area contributed by atoms with Gasteiger partial charge in [-0.1, -0.05) is 54.8 Å². The molecule has 1 heterocycles. The van der Waals surface area contributed by atoms with E-state index in [4.69, 9.17) is 4.74 Å². The van der Waals surface area contributed by atoms with Crippen LogP contribution >= 0.6 is 12.4 Å². The van der Waals surface area contributed by atoms with Crippen LogP contribution in [-0.2, 0) is 17.7 Å². The van der Waals surface area contributed by atoms with Crippen molar-refractivity contribution < 1.29 is 9.13 Å². The number of rotatable bonds is 7. The van der Waals surface area contributed by atoms with E-state index < -0.39 is 0 Å². The molecule has 1 aliphatic carbocycles. The molecular formula is C26H35ClFNO. The van der Waals surface area contributed by atoms with Gasteiger partial charge in [0.25, 0.3) is 0 Å². The molecular weight excluding hydrogens is 397 g/mol. The van der Waals surface area contributed by atoms with Crippen LogP contribution in [0.3, 0.4) is 0 Å². The fraction of sp³-hybridized carbons (Fsp3) is 0.538. The van der Waals surface area contributed by atoms with E-state index in [1.165, 1.54) is 42.4 Å². The molecule has 2 aromatic carbocycles. The van der Waals surface area contributed by atoms with Crippen LogP contribution in [-0.4, -0.2) is 18.8 Å². The van der Waals surface area contributed by atoms with Crippen molar-refractivity contribution in [1.29, 1.82) is 0 Å². The van der Waals surface area contributed by atoms with Crippen molar-refractivity contribution in [3.05, 3.63) is 71.0 Å². The van der Waals surface area contributed by atoms with Crippen LogP contribution in [0.1, 0.15) is 61.6 Å². The Morgan fingerprint density at radius 2 is 1.77 bits per heavy atom. The topological polar surface area (TPSA) is 21.3 Å². The summed E-state index contributed by atoms with van der Waals surface area (Å²) in [5, 5.41) is 3.67. The van der Waals surface area contributed by atoms with Crippen molar-refractivity contribution in [3.63, 3.8) is 0 Å². The van der Waals surface area contributed by atoms with E-state index in [1.54, 1.807) is 12.1 Å². The fourth-order valence-corrected chi connectivity index (χ4v) is 5.54. The molecule has 4 rings (SSSR count). The van der Waals surface area contributed by atoms with Gasteiger partial charge in [0.2, 0.25) is 0 Å². The van der Waals surface area contributed by atoms with Gasteiger partial charge in [-0.3, -0.25) is 0 Å². The molecule has 0 amide bonds. The third-order valence-corrected chi connectivity index (χ3v) is 6.99. The molecule has 1 N–H and O–H groups in total. The minimum absolute atomic E-state index is 0. The van der Waals surface area contributed by atoms with Crippen LogP contribution in [0.25, 0.3) is 0 Å². The molecule has 1 saturated heterocycles.